The number of aryl methyl sites for hydroxylation is 1. The summed E-state index contributed by atoms with van der Waals surface area (Å²) in [6.45, 7) is 3.39. The third-order valence-corrected chi connectivity index (χ3v) is 3.41. The fourth-order valence-electron chi connectivity index (χ4n) is 2.42. The molecule has 0 radical (unpaired) electrons. The van der Waals surface area contributed by atoms with E-state index in [-0.39, 0.29) is 0 Å². The first kappa shape index (κ1) is 16.4. The smallest absolute Gasteiger partial charge is 0.323 e. The summed E-state index contributed by atoms with van der Waals surface area (Å²) >= 11 is 0. The number of fused-ring (bicyclic) bond motifs is 1. The van der Waals surface area contributed by atoms with Crippen molar-refractivity contribution in [2.45, 2.75) is 20.0 Å². The second-order valence-corrected chi connectivity index (χ2v) is 5.44. The van der Waals surface area contributed by atoms with Crippen LogP contribution >= 0.6 is 0 Å². The third-order valence-electron chi connectivity index (χ3n) is 3.41. The number of amides is 2. The Morgan fingerprint density at radius 3 is 2.84 bits per heavy atom. The lowest BCUT2D eigenvalue weighted by Gasteiger charge is -2.14. The zero-order valence-corrected chi connectivity index (χ0v) is 13.6. The van der Waals surface area contributed by atoms with Gasteiger partial charge in [-0.15, -0.1) is 0 Å². The van der Waals surface area contributed by atoms with E-state index in [0.29, 0.717) is 28.3 Å². The lowest BCUT2D eigenvalue weighted by atomic mass is 10.2. The minimum absolute atomic E-state index is 0.326. The molecule has 0 aliphatic rings. The molecule has 0 aromatic carbocycles. The average Bonchev–Trinajstić information content (AvgIpc) is 2.94. The highest BCUT2D eigenvalue weighted by molar-refractivity contribution is 6.00. The molecule has 0 fully saturated rings. The third kappa shape index (κ3) is 3.39. The van der Waals surface area contributed by atoms with Crippen molar-refractivity contribution in [2.24, 2.45) is 0 Å². The highest BCUT2D eigenvalue weighted by atomic mass is 16.3. The Hall–Kier alpha value is -3.51. The Balaban J connectivity index is 1.88. The molecule has 25 heavy (non-hydrogen) atoms. The molecule has 0 aliphatic carbocycles. The monoisotopic (exact) mass is 337 g/mol. The van der Waals surface area contributed by atoms with Crippen LogP contribution in [0, 0.1) is 18.3 Å². The molecule has 3 N–H and O–H groups in total. The summed E-state index contributed by atoms with van der Waals surface area (Å²) in [7, 11) is 0. The molecule has 1 unspecified atom stereocenters. The van der Waals surface area contributed by atoms with Gasteiger partial charge in [-0.1, -0.05) is 0 Å². The number of carbonyl (C=O) groups is 1. The summed E-state index contributed by atoms with van der Waals surface area (Å²) < 4.78 is 1.49. The number of carbonyl (C=O) groups excluding carboxylic acids is 1. The van der Waals surface area contributed by atoms with Gasteiger partial charge in [-0.2, -0.15) is 10.4 Å². The van der Waals surface area contributed by atoms with Crippen LogP contribution in [0.25, 0.3) is 5.65 Å². The number of urea groups is 1. The molecule has 0 aliphatic heterocycles. The van der Waals surface area contributed by atoms with E-state index in [9.17, 15) is 9.90 Å². The minimum Gasteiger partial charge on any atom is -0.387 e. The van der Waals surface area contributed by atoms with Crippen molar-refractivity contribution in [3.05, 3.63) is 47.7 Å². The van der Waals surface area contributed by atoms with Gasteiger partial charge in [-0.25, -0.2) is 14.3 Å². The SMILES string of the molecule is Cc1cc2ncc(NC(=O)Nc3cncc(C#N)c3)c(C(C)O)n2n1. The Morgan fingerprint density at radius 1 is 1.32 bits per heavy atom. The molecule has 126 valence electrons. The van der Waals surface area contributed by atoms with Gasteiger partial charge >= 0.3 is 6.03 Å². The zero-order valence-electron chi connectivity index (χ0n) is 13.6. The van der Waals surface area contributed by atoms with Gasteiger partial charge < -0.3 is 15.7 Å². The summed E-state index contributed by atoms with van der Waals surface area (Å²) in [6, 6.07) is 4.67. The molecule has 3 aromatic heterocycles. The van der Waals surface area contributed by atoms with Crippen molar-refractivity contribution in [3.63, 3.8) is 0 Å². The standard InChI is InChI=1S/C16H15N7O2/c1-9-3-14-19-8-13(15(10(2)24)23(14)22-9)21-16(25)20-12-4-11(5-17)6-18-7-12/h3-4,6-8,10,24H,1-2H3,(H2,20,21,25). The first-order chi connectivity index (χ1) is 12.0. The molecular formula is C16H15N7O2. The molecule has 0 bridgehead atoms. The average molecular weight is 337 g/mol. The summed E-state index contributed by atoms with van der Waals surface area (Å²) in [6.07, 6.45) is 3.41. The number of hydrogen-bond donors (Lipinski definition) is 3. The summed E-state index contributed by atoms with van der Waals surface area (Å²) in [5, 5.41) is 28.4. The fourth-order valence-corrected chi connectivity index (χ4v) is 2.42. The molecule has 2 amide bonds. The fraction of sp³-hybridized carbons (Fsp3) is 0.188. The van der Waals surface area contributed by atoms with E-state index in [0.717, 1.165) is 5.69 Å². The molecule has 3 rings (SSSR count). The highest BCUT2D eigenvalue weighted by Crippen LogP contribution is 2.23. The Morgan fingerprint density at radius 2 is 2.12 bits per heavy atom. The molecule has 9 nitrogen and oxygen atoms in total. The number of aliphatic hydroxyl groups is 1. The summed E-state index contributed by atoms with van der Waals surface area (Å²) in [4.78, 5) is 20.3. The molecule has 3 aromatic rings. The Bertz CT molecular complexity index is 988. The van der Waals surface area contributed by atoms with Crippen LogP contribution < -0.4 is 10.6 Å². The van der Waals surface area contributed by atoms with E-state index >= 15 is 0 Å². The van der Waals surface area contributed by atoms with Gasteiger partial charge in [-0.3, -0.25) is 4.98 Å². The minimum atomic E-state index is -0.872. The topological polar surface area (TPSA) is 128 Å². The molecule has 9 heteroatoms. The van der Waals surface area contributed by atoms with Crippen LogP contribution in [0.15, 0.2) is 30.7 Å². The van der Waals surface area contributed by atoms with Gasteiger partial charge in [0, 0.05) is 12.3 Å². The van der Waals surface area contributed by atoms with Crippen molar-refractivity contribution >= 4 is 23.1 Å². The predicted octanol–water partition coefficient (Wildman–Crippen LogP) is 2.00. The van der Waals surface area contributed by atoms with Gasteiger partial charge in [0.25, 0.3) is 0 Å². The van der Waals surface area contributed by atoms with E-state index < -0.39 is 12.1 Å². The normalized spacial score (nSPS) is 11.8. The number of rotatable bonds is 3. The maximum Gasteiger partial charge on any atom is 0.323 e. The van der Waals surface area contributed by atoms with Gasteiger partial charge in [0.2, 0.25) is 0 Å². The number of aromatic nitrogens is 4. The van der Waals surface area contributed by atoms with E-state index in [1.165, 1.54) is 29.2 Å². The number of hydrogen-bond acceptors (Lipinski definition) is 6. The van der Waals surface area contributed by atoms with Crippen molar-refractivity contribution in [1.82, 2.24) is 19.6 Å². The number of pyridine rings is 1. The van der Waals surface area contributed by atoms with Gasteiger partial charge in [0.15, 0.2) is 5.65 Å². The summed E-state index contributed by atoms with van der Waals surface area (Å²) in [5.74, 6) is 0. The van der Waals surface area contributed by atoms with Crippen LogP contribution in [0.1, 0.15) is 30.0 Å². The van der Waals surface area contributed by atoms with Gasteiger partial charge in [0.05, 0.1) is 46.8 Å². The van der Waals surface area contributed by atoms with Crippen molar-refractivity contribution in [1.29, 1.82) is 5.26 Å². The van der Waals surface area contributed by atoms with E-state index in [2.05, 4.69) is 25.7 Å². The molecule has 0 spiro atoms. The molecule has 0 saturated carbocycles. The van der Waals surface area contributed by atoms with Crippen LogP contribution in [0.2, 0.25) is 0 Å². The lowest BCUT2D eigenvalue weighted by Crippen LogP contribution is -2.22. The molecule has 0 saturated heterocycles. The first-order valence-electron chi connectivity index (χ1n) is 7.44. The van der Waals surface area contributed by atoms with Crippen LogP contribution in [0.4, 0.5) is 16.2 Å². The molecule has 3 heterocycles. The number of aliphatic hydroxyl groups excluding tert-OH is 1. The molecule has 1 atom stereocenters. The largest absolute Gasteiger partial charge is 0.387 e. The first-order valence-corrected chi connectivity index (χ1v) is 7.44. The Kier molecular flexibility index (Phi) is 4.28. The quantitative estimate of drug-likeness (QED) is 0.670. The lowest BCUT2D eigenvalue weighted by molar-refractivity contribution is 0.192. The second kappa shape index (κ2) is 6.54. The van der Waals surface area contributed by atoms with Crippen LogP contribution in [-0.4, -0.2) is 30.7 Å². The highest BCUT2D eigenvalue weighted by Gasteiger charge is 2.17. The maximum atomic E-state index is 12.2. The Labute approximate surface area is 143 Å². The van der Waals surface area contributed by atoms with Crippen LogP contribution in [0.5, 0.6) is 0 Å². The second-order valence-electron chi connectivity index (χ2n) is 5.44. The van der Waals surface area contributed by atoms with Crippen molar-refractivity contribution in [3.8, 4) is 6.07 Å². The van der Waals surface area contributed by atoms with E-state index in [4.69, 9.17) is 5.26 Å². The zero-order chi connectivity index (χ0) is 18.0. The van der Waals surface area contributed by atoms with Crippen molar-refractivity contribution < 1.29 is 9.90 Å². The number of nitriles is 1. The van der Waals surface area contributed by atoms with Crippen LogP contribution in [-0.2, 0) is 0 Å². The number of anilines is 2. The van der Waals surface area contributed by atoms with E-state index in [1.54, 1.807) is 13.0 Å². The number of nitrogens with zero attached hydrogens (tertiary/aromatic N) is 5. The van der Waals surface area contributed by atoms with Crippen molar-refractivity contribution in [2.75, 3.05) is 10.6 Å². The summed E-state index contributed by atoms with van der Waals surface area (Å²) in [5.41, 5.74) is 2.77. The van der Waals surface area contributed by atoms with Gasteiger partial charge in [-0.05, 0) is 19.9 Å². The van der Waals surface area contributed by atoms with Crippen LogP contribution in [0.3, 0.4) is 0 Å². The molecular weight excluding hydrogens is 322 g/mol. The van der Waals surface area contributed by atoms with E-state index in [1.807, 2.05) is 13.0 Å². The predicted molar refractivity (Wildman–Crippen MR) is 90.0 cm³/mol. The van der Waals surface area contributed by atoms with Gasteiger partial charge in [0.1, 0.15) is 6.07 Å². The maximum absolute atomic E-state index is 12.2. The number of nitrogens with one attached hydrogen (secondary N) is 2.